The minimum Gasteiger partial charge on any atom is -0.475 e. The molecule has 90 valence electrons. The zero-order valence-electron chi connectivity index (χ0n) is 8.47. The van der Waals surface area contributed by atoms with Crippen molar-refractivity contribution in [1.82, 2.24) is 0 Å². The predicted molar refractivity (Wildman–Crippen MR) is 47.0 cm³/mol. The SMILES string of the molecule is CCC(CC)C(N)=O.O=C(O)C(F)(F)F. The number of hydrogen-bond donors (Lipinski definition) is 2. The molecule has 0 bridgehead atoms. The minimum absolute atomic E-state index is 0.0926. The third kappa shape index (κ3) is 9.04. The molecule has 15 heavy (non-hydrogen) atoms. The molecular weight excluding hydrogens is 215 g/mol. The molecule has 7 heteroatoms. The van der Waals surface area contributed by atoms with Gasteiger partial charge in [-0.15, -0.1) is 0 Å². The van der Waals surface area contributed by atoms with Gasteiger partial charge >= 0.3 is 12.1 Å². The van der Waals surface area contributed by atoms with Crippen LogP contribution in [0.5, 0.6) is 0 Å². The molecule has 4 nitrogen and oxygen atoms in total. The maximum absolute atomic E-state index is 10.6. The molecule has 0 saturated carbocycles. The van der Waals surface area contributed by atoms with Gasteiger partial charge in [0.15, 0.2) is 0 Å². The molecule has 1 amide bonds. The van der Waals surface area contributed by atoms with E-state index in [4.69, 9.17) is 15.6 Å². The highest BCUT2D eigenvalue weighted by molar-refractivity contribution is 5.76. The molecule has 0 aliphatic rings. The number of halogens is 3. The van der Waals surface area contributed by atoms with E-state index in [1.54, 1.807) is 0 Å². The summed E-state index contributed by atoms with van der Waals surface area (Å²) in [6, 6.07) is 0. The Labute approximate surface area is 85.3 Å². The monoisotopic (exact) mass is 229 g/mol. The molecule has 0 rings (SSSR count). The molecule has 0 aliphatic carbocycles. The Hall–Kier alpha value is -1.27. The van der Waals surface area contributed by atoms with E-state index >= 15 is 0 Å². The molecule has 0 aromatic heterocycles. The minimum atomic E-state index is -5.08. The van der Waals surface area contributed by atoms with Crippen molar-refractivity contribution in [1.29, 1.82) is 0 Å². The maximum atomic E-state index is 10.6. The van der Waals surface area contributed by atoms with Gasteiger partial charge in [-0.3, -0.25) is 4.79 Å². The summed E-state index contributed by atoms with van der Waals surface area (Å²) < 4.78 is 31.7. The van der Waals surface area contributed by atoms with Crippen LogP contribution in [0.1, 0.15) is 26.7 Å². The number of primary amides is 1. The highest BCUT2D eigenvalue weighted by Gasteiger charge is 2.38. The molecule has 0 fully saturated rings. The van der Waals surface area contributed by atoms with Gasteiger partial charge < -0.3 is 10.8 Å². The second-order valence-electron chi connectivity index (χ2n) is 2.72. The highest BCUT2D eigenvalue weighted by Crippen LogP contribution is 2.13. The summed E-state index contributed by atoms with van der Waals surface area (Å²) in [6.45, 7) is 3.94. The van der Waals surface area contributed by atoms with E-state index in [1.165, 1.54) is 0 Å². The number of amides is 1. The van der Waals surface area contributed by atoms with Crippen LogP contribution in [0.4, 0.5) is 13.2 Å². The third-order valence-electron chi connectivity index (χ3n) is 1.63. The average Bonchev–Trinajstić information content (AvgIpc) is 2.04. The molecule has 0 atom stereocenters. The van der Waals surface area contributed by atoms with Gasteiger partial charge in [-0.05, 0) is 12.8 Å². The first-order valence-electron chi connectivity index (χ1n) is 4.26. The van der Waals surface area contributed by atoms with Crippen LogP contribution in [0.3, 0.4) is 0 Å². The van der Waals surface area contributed by atoms with Crippen molar-refractivity contribution in [2.45, 2.75) is 32.9 Å². The quantitative estimate of drug-likeness (QED) is 0.770. The Morgan fingerprint density at radius 3 is 1.53 bits per heavy atom. The molecule has 0 spiro atoms. The van der Waals surface area contributed by atoms with E-state index in [2.05, 4.69) is 0 Å². The summed E-state index contributed by atoms with van der Waals surface area (Å²) in [6.07, 6.45) is -3.35. The molecule has 0 aromatic rings. The zero-order valence-corrected chi connectivity index (χ0v) is 8.47. The Kier molecular flexibility index (Phi) is 7.63. The first-order valence-corrected chi connectivity index (χ1v) is 4.26. The van der Waals surface area contributed by atoms with Crippen LogP contribution in [0, 0.1) is 5.92 Å². The second kappa shape index (κ2) is 7.08. The fourth-order valence-corrected chi connectivity index (χ4v) is 0.691. The highest BCUT2D eigenvalue weighted by atomic mass is 19.4. The normalized spacial score (nSPS) is 10.5. The van der Waals surface area contributed by atoms with Crippen LogP contribution in [0.15, 0.2) is 0 Å². The van der Waals surface area contributed by atoms with Crippen molar-refractivity contribution in [3.63, 3.8) is 0 Å². The number of carbonyl (C=O) groups is 2. The Morgan fingerprint density at radius 2 is 1.53 bits per heavy atom. The molecule has 0 aromatic carbocycles. The van der Waals surface area contributed by atoms with E-state index in [1.807, 2.05) is 13.8 Å². The lowest BCUT2D eigenvalue weighted by Gasteiger charge is -2.04. The summed E-state index contributed by atoms with van der Waals surface area (Å²) in [4.78, 5) is 19.3. The Bertz CT molecular complexity index is 212. The van der Waals surface area contributed by atoms with Crippen molar-refractivity contribution in [2.24, 2.45) is 11.7 Å². The summed E-state index contributed by atoms with van der Waals surface area (Å²) >= 11 is 0. The first-order chi connectivity index (χ1) is 6.66. The molecule has 0 unspecified atom stereocenters. The lowest BCUT2D eigenvalue weighted by Crippen LogP contribution is -2.21. The van der Waals surface area contributed by atoms with Gasteiger partial charge in [-0.25, -0.2) is 4.79 Å². The van der Waals surface area contributed by atoms with Crippen molar-refractivity contribution in [3.8, 4) is 0 Å². The zero-order chi connectivity index (χ0) is 12.6. The number of hydrogen-bond acceptors (Lipinski definition) is 2. The average molecular weight is 229 g/mol. The topological polar surface area (TPSA) is 80.4 Å². The van der Waals surface area contributed by atoms with Gasteiger partial charge in [-0.2, -0.15) is 13.2 Å². The van der Waals surface area contributed by atoms with Gasteiger partial charge in [0, 0.05) is 5.92 Å². The summed E-state index contributed by atoms with van der Waals surface area (Å²) in [5.41, 5.74) is 5.02. The Morgan fingerprint density at radius 1 is 1.27 bits per heavy atom. The number of carboxylic acid groups (broad SMARTS) is 1. The number of nitrogens with two attached hydrogens (primary N) is 1. The number of carbonyl (C=O) groups excluding carboxylic acids is 1. The fourth-order valence-electron chi connectivity index (χ4n) is 0.691. The van der Waals surface area contributed by atoms with Gasteiger partial charge in [0.05, 0.1) is 0 Å². The van der Waals surface area contributed by atoms with Gasteiger partial charge in [0.1, 0.15) is 0 Å². The van der Waals surface area contributed by atoms with Crippen molar-refractivity contribution in [3.05, 3.63) is 0 Å². The van der Waals surface area contributed by atoms with Crippen molar-refractivity contribution < 1.29 is 27.9 Å². The molecule has 3 N–H and O–H groups in total. The van der Waals surface area contributed by atoms with Gasteiger partial charge in [0.25, 0.3) is 0 Å². The summed E-state index contributed by atoms with van der Waals surface area (Å²) in [5, 5.41) is 7.12. The van der Waals surface area contributed by atoms with Crippen molar-refractivity contribution in [2.75, 3.05) is 0 Å². The lowest BCUT2D eigenvalue weighted by atomic mass is 10.0. The van der Waals surface area contributed by atoms with Crippen LogP contribution in [-0.4, -0.2) is 23.2 Å². The van der Waals surface area contributed by atoms with E-state index in [0.29, 0.717) is 0 Å². The Balaban J connectivity index is 0. The molecule has 0 saturated heterocycles. The van der Waals surface area contributed by atoms with E-state index in [-0.39, 0.29) is 11.8 Å². The lowest BCUT2D eigenvalue weighted by molar-refractivity contribution is -0.192. The number of alkyl halides is 3. The van der Waals surface area contributed by atoms with Gasteiger partial charge in [0.2, 0.25) is 5.91 Å². The summed E-state index contributed by atoms with van der Waals surface area (Å²) in [5.74, 6) is -2.84. The third-order valence-corrected chi connectivity index (χ3v) is 1.63. The van der Waals surface area contributed by atoms with Crippen LogP contribution in [0.25, 0.3) is 0 Å². The predicted octanol–water partition coefficient (Wildman–Crippen LogP) is 1.54. The second-order valence-corrected chi connectivity index (χ2v) is 2.72. The standard InChI is InChI=1S/C6H13NO.C2HF3O2/c1-3-5(4-2)6(7)8;3-2(4,5)1(6)7/h5H,3-4H2,1-2H3,(H2,7,8);(H,6,7). The summed E-state index contributed by atoms with van der Waals surface area (Å²) in [7, 11) is 0. The van der Waals surface area contributed by atoms with E-state index < -0.39 is 12.1 Å². The first kappa shape index (κ1) is 16.2. The smallest absolute Gasteiger partial charge is 0.475 e. The maximum Gasteiger partial charge on any atom is 0.490 e. The molecule has 0 radical (unpaired) electrons. The number of aliphatic carboxylic acids is 1. The van der Waals surface area contributed by atoms with Gasteiger partial charge in [-0.1, -0.05) is 13.8 Å². The van der Waals surface area contributed by atoms with Crippen LogP contribution >= 0.6 is 0 Å². The van der Waals surface area contributed by atoms with E-state index in [9.17, 15) is 18.0 Å². The number of rotatable bonds is 3. The molecule has 0 aliphatic heterocycles. The largest absolute Gasteiger partial charge is 0.490 e. The number of carboxylic acids is 1. The van der Waals surface area contributed by atoms with Crippen LogP contribution in [0.2, 0.25) is 0 Å². The fraction of sp³-hybridized carbons (Fsp3) is 0.750. The molecular formula is C8H14F3NO3. The van der Waals surface area contributed by atoms with E-state index in [0.717, 1.165) is 12.8 Å². The van der Waals surface area contributed by atoms with Crippen LogP contribution in [-0.2, 0) is 9.59 Å². The van der Waals surface area contributed by atoms with Crippen LogP contribution < -0.4 is 5.73 Å². The molecule has 0 heterocycles. The van der Waals surface area contributed by atoms with Crippen molar-refractivity contribution >= 4 is 11.9 Å².